The van der Waals surface area contributed by atoms with Crippen molar-refractivity contribution in [3.8, 4) is 5.82 Å². The van der Waals surface area contributed by atoms with E-state index in [1.165, 1.54) is 0 Å². The van der Waals surface area contributed by atoms with E-state index in [4.69, 9.17) is 0 Å². The summed E-state index contributed by atoms with van der Waals surface area (Å²) in [5.41, 5.74) is 1.60. The first-order valence-corrected chi connectivity index (χ1v) is 7.04. The third-order valence-corrected chi connectivity index (χ3v) is 3.43. The monoisotopic (exact) mass is 292 g/mol. The number of carbonyl (C=O) groups excluding carboxylic acids is 1. The molecule has 22 heavy (non-hydrogen) atoms. The van der Waals surface area contributed by atoms with Gasteiger partial charge in [-0.1, -0.05) is 30.3 Å². The van der Waals surface area contributed by atoms with Crippen LogP contribution in [0.2, 0.25) is 0 Å². The van der Waals surface area contributed by atoms with Gasteiger partial charge in [-0.25, -0.2) is 9.97 Å². The maximum atomic E-state index is 12.3. The van der Waals surface area contributed by atoms with Gasteiger partial charge in [0.2, 0.25) is 0 Å². The van der Waals surface area contributed by atoms with Gasteiger partial charge < -0.3 is 5.32 Å². The van der Waals surface area contributed by atoms with Crippen LogP contribution in [0.4, 0.5) is 0 Å². The second-order valence-corrected chi connectivity index (χ2v) is 4.98. The van der Waals surface area contributed by atoms with Gasteiger partial charge >= 0.3 is 0 Å². The van der Waals surface area contributed by atoms with Crippen molar-refractivity contribution < 1.29 is 4.79 Å². The van der Waals surface area contributed by atoms with E-state index in [9.17, 15) is 4.79 Å². The number of pyridine rings is 1. The molecule has 2 aromatic heterocycles. The van der Waals surface area contributed by atoms with E-state index in [1.54, 1.807) is 41.6 Å². The maximum Gasteiger partial charge on any atom is 0.253 e. The summed E-state index contributed by atoms with van der Waals surface area (Å²) in [6.45, 7) is 1.96. The lowest BCUT2D eigenvalue weighted by Crippen LogP contribution is -2.26. The molecule has 3 rings (SSSR count). The summed E-state index contributed by atoms with van der Waals surface area (Å²) in [7, 11) is 0. The van der Waals surface area contributed by atoms with Crippen LogP contribution in [0.3, 0.4) is 0 Å². The summed E-state index contributed by atoms with van der Waals surface area (Å²) < 4.78 is 1.79. The Morgan fingerprint density at radius 3 is 2.64 bits per heavy atom. The fourth-order valence-electron chi connectivity index (χ4n) is 2.17. The summed E-state index contributed by atoms with van der Waals surface area (Å²) in [4.78, 5) is 20.5. The van der Waals surface area contributed by atoms with E-state index in [2.05, 4.69) is 15.3 Å². The number of nitrogens with one attached hydrogen (secondary N) is 1. The van der Waals surface area contributed by atoms with Crippen molar-refractivity contribution in [3.63, 3.8) is 0 Å². The predicted octanol–water partition coefficient (Wildman–Crippen LogP) is 2.76. The maximum absolute atomic E-state index is 12.3. The van der Waals surface area contributed by atoms with Crippen molar-refractivity contribution in [1.29, 1.82) is 0 Å². The summed E-state index contributed by atoms with van der Waals surface area (Å²) in [6, 6.07) is 13.4. The quantitative estimate of drug-likeness (QED) is 0.804. The zero-order chi connectivity index (χ0) is 15.4. The molecule has 0 unspecified atom stereocenters. The Morgan fingerprint density at radius 2 is 2.00 bits per heavy atom. The number of rotatable bonds is 4. The lowest BCUT2D eigenvalue weighted by atomic mass is 10.1. The number of aromatic nitrogens is 3. The van der Waals surface area contributed by atoms with Crippen molar-refractivity contribution in [2.45, 2.75) is 13.0 Å². The molecule has 0 aliphatic rings. The van der Waals surface area contributed by atoms with Crippen LogP contribution in [-0.2, 0) is 0 Å². The highest BCUT2D eigenvalue weighted by Gasteiger charge is 2.11. The molecule has 1 atom stereocenters. The molecule has 1 aromatic carbocycles. The number of nitrogens with zero attached hydrogens (tertiary/aromatic N) is 3. The van der Waals surface area contributed by atoms with E-state index in [0.717, 1.165) is 11.4 Å². The zero-order valence-electron chi connectivity index (χ0n) is 12.2. The number of imidazole rings is 1. The van der Waals surface area contributed by atoms with Crippen LogP contribution in [0.15, 0.2) is 67.4 Å². The lowest BCUT2D eigenvalue weighted by Gasteiger charge is -2.14. The molecule has 0 aliphatic heterocycles. The average Bonchev–Trinajstić information content (AvgIpc) is 3.10. The molecule has 5 nitrogen and oxygen atoms in total. The Bertz CT molecular complexity index is 736. The minimum atomic E-state index is -0.138. The van der Waals surface area contributed by atoms with Gasteiger partial charge in [0, 0.05) is 18.6 Å². The number of hydrogen-bond donors (Lipinski definition) is 1. The van der Waals surface area contributed by atoms with Crippen LogP contribution >= 0.6 is 0 Å². The van der Waals surface area contributed by atoms with E-state index in [1.807, 2.05) is 37.3 Å². The highest BCUT2D eigenvalue weighted by atomic mass is 16.1. The van der Waals surface area contributed by atoms with E-state index < -0.39 is 0 Å². The Kier molecular flexibility index (Phi) is 3.96. The van der Waals surface area contributed by atoms with Gasteiger partial charge in [-0.15, -0.1) is 0 Å². The zero-order valence-corrected chi connectivity index (χ0v) is 12.2. The van der Waals surface area contributed by atoms with E-state index >= 15 is 0 Å². The molecular formula is C17H16N4O. The van der Waals surface area contributed by atoms with Crippen molar-refractivity contribution >= 4 is 5.91 Å². The van der Waals surface area contributed by atoms with E-state index in [-0.39, 0.29) is 11.9 Å². The van der Waals surface area contributed by atoms with Gasteiger partial charge in [0.25, 0.3) is 5.91 Å². The molecule has 0 saturated heterocycles. The summed E-state index contributed by atoms with van der Waals surface area (Å²) >= 11 is 0. The Labute approximate surface area is 128 Å². The highest BCUT2D eigenvalue weighted by molar-refractivity contribution is 5.94. The van der Waals surface area contributed by atoms with Gasteiger partial charge in [0.1, 0.15) is 12.1 Å². The molecule has 2 heterocycles. The standard InChI is InChI=1S/C17H16N4O/c1-13(14-5-3-2-4-6-14)20-17(22)15-7-8-16(19-11-15)21-10-9-18-12-21/h2-13H,1H3,(H,20,22)/t13-/m0/s1. The molecule has 0 radical (unpaired) electrons. The highest BCUT2D eigenvalue weighted by Crippen LogP contribution is 2.12. The average molecular weight is 292 g/mol. The summed E-state index contributed by atoms with van der Waals surface area (Å²) in [5.74, 6) is 0.589. The van der Waals surface area contributed by atoms with Crippen LogP contribution in [0.5, 0.6) is 0 Å². The largest absolute Gasteiger partial charge is 0.345 e. The minimum Gasteiger partial charge on any atom is -0.345 e. The molecule has 0 bridgehead atoms. The second-order valence-electron chi connectivity index (χ2n) is 4.98. The van der Waals surface area contributed by atoms with Gasteiger partial charge in [0.15, 0.2) is 0 Å². The molecule has 1 amide bonds. The van der Waals surface area contributed by atoms with Crippen molar-refractivity contribution in [1.82, 2.24) is 19.9 Å². The number of carbonyl (C=O) groups is 1. The Morgan fingerprint density at radius 1 is 1.18 bits per heavy atom. The van der Waals surface area contributed by atoms with Gasteiger partial charge in [0.05, 0.1) is 11.6 Å². The first kappa shape index (κ1) is 14.0. The first-order valence-electron chi connectivity index (χ1n) is 7.04. The number of hydrogen-bond acceptors (Lipinski definition) is 3. The lowest BCUT2D eigenvalue weighted by molar-refractivity contribution is 0.0939. The van der Waals surface area contributed by atoms with Crippen LogP contribution in [0.1, 0.15) is 28.9 Å². The molecular weight excluding hydrogens is 276 g/mol. The topological polar surface area (TPSA) is 59.8 Å². The molecule has 0 aliphatic carbocycles. The Hall–Kier alpha value is -2.95. The van der Waals surface area contributed by atoms with Gasteiger partial charge in [-0.3, -0.25) is 9.36 Å². The fourth-order valence-corrected chi connectivity index (χ4v) is 2.17. The number of amides is 1. The van der Waals surface area contributed by atoms with Crippen LogP contribution in [-0.4, -0.2) is 20.4 Å². The van der Waals surface area contributed by atoms with E-state index in [0.29, 0.717) is 5.56 Å². The molecule has 3 aromatic rings. The fraction of sp³-hybridized carbons (Fsp3) is 0.118. The molecule has 5 heteroatoms. The van der Waals surface area contributed by atoms with Crippen LogP contribution < -0.4 is 5.32 Å². The third kappa shape index (κ3) is 3.03. The molecule has 0 fully saturated rings. The van der Waals surface area contributed by atoms with Crippen molar-refractivity contribution in [2.24, 2.45) is 0 Å². The smallest absolute Gasteiger partial charge is 0.253 e. The van der Waals surface area contributed by atoms with Crippen molar-refractivity contribution in [2.75, 3.05) is 0 Å². The van der Waals surface area contributed by atoms with Gasteiger partial charge in [-0.2, -0.15) is 0 Å². The Balaban J connectivity index is 1.70. The minimum absolute atomic E-state index is 0.0537. The molecule has 1 N–H and O–H groups in total. The normalized spacial score (nSPS) is 11.9. The molecule has 110 valence electrons. The SMILES string of the molecule is C[C@H](NC(=O)c1ccc(-n2ccnc2)nc1)c1ccccc1. The second kappa shape index (κ2) is 6.22. The molecule has 0 saturated carbocycles. The third-order valence-electron chi connectivity index (χ3n) is 3.43. The van der Waals surface area contributed by atoms with Crippen LogP contribution in [0.25, 0.3) is 5.82 Å². The number of benzene rings is 1. The summed E-state index contributed by atoms with van der Waals surface area (Å²) in [6.07, 6.45) is 6.73. The predicted molar refractivity (Wildman–Crippen MR) is 83.7 cm³/mol. The molecule has 0 spiro atoms. The first-order chi connectivity index (χ1) is 10.7. The van der Waals surface area contributed by atoms with Crippen molar-refractivity contribution in [3.05, 3.63) is 78.5 Å². The summed E-state index contributed by atoms with van der Waals surface area (Å²) in [5, 5.41) is 2.97. The van der Waals surface area contributed by atoms with Gasteiger partial charge in [-0.05, 0) is 24.6 Å². The van der Waals surface area contributed by atoms with Crippen LogP contribution in [0, 0.1) is 0 Å².